The van der Waals surface area contributed by atoms with Gasteiger partial charge in [0.25, 0.3) is 5.69 Å². The first-order valence-corrected chi connectivity index (χ1v) is 8.95. The van der Waals surface area contributed by atoms with Crippen LogP contribution in [0.2, 0.25) is 0 Å². The first kappa shape index (κ1) is 19.9. The van der Waals surface area contributed by atoms with Gasteiger partial charge in [0.15, 0.2) is 0 Å². The normalized spacial score (nSPS) is 19.3. The standard InChI is InChI=1S/C18H23N3O7/c1-18(2,3)28-17(24)19-6-7-20(11(8-19)9-22)14-5-4-12-13(10-27-16(12)23)15(14)21(25)26/h4-5,11,22H,6-10H2,1-3H3. The molecule has 1 N–H and O–H groups in total. The number of ether oxygens (including phenoxy) is 2. The quantitative estimate of drug-likeness (QED) is 0.468. The largest absolute Gasteiger partial charge is 0.457 e. The Morgan fingerprint density at radius 3 is 2.71 bits per heavy atom. The van der Waals surface area contributed by atoms with Crippen molar-refractivity contribution in [3.63, 3.8) is 0 Å². The fourth-order valence-electron chi connectivity index (χ4n) is 3.43. The van der Waals surface area contributed by atoms with Crippen LogP contribution in [0.1, 0.15) is 36.7 Å². The summed E-state index contributed by atoms with van der Waals surface area (Å²) in [5.41, 5.74) is -0.131. The average molecular weight is 393 g/mol. The fourth-order valence-corrected chi connectivity index (χ4v) is 3.43. The topological polar surface area (TPSA) is 122 Å². The van der Waals surface area contributed by atoms with E-state index in [1.165, 1.54) is 17.0 Å². The van der Waals surface area contributed by atoms with Gasteiger partial charge in [-0.1, -0.05) is 0 Å². The molecular formula is C18H23N3O7. The van der Waals surface area contributed by atoms with Gasteiger partial charge in [0.05, 0.1) is 28.7 Å². The Bertz CT molecular complexity index is 818. The molecule has 1 aromatic carbocycles. The van der Waals surface area contributed by atoms with E-state index in [1.54, 1.807) is 25.7 Å². The van der Waals surface area contributed by atoms with Crippen molar-refractivity contribution >= 4 is 23.4 Å². The smallest absolute Gasteiger partial charge is 0.410 e. The fraction of sp³-hybridized carbons (Fsp3) is 0.556. The second-order valence-corrected chi connectivity index (χ2v) is 7.75. The number of aliphatic hydroxyl groups excluding tert-OH is 1. The molecule has 2 heterocycles. The van der Waals surface area contributed by atoms with Crippen LogP contribution in [0.5, 0.6) is 0 Å². The van der Waals surface area contributed by atoms with E-state index in [0.29, 0.717) is 5.69 Å². The summed E-state index contributed by atoms with van der Waals surface area (Å²) in [5, 5.41) is 21.6. The highest BCUT2D eigenvalue weighted by Crippen LogP contribution is 2.39. The number of fused-ring (bicyclic) bond motifs is 1. The molecular weight excluding hydrogens is 370 g/mol. The Morgan fingerprint density at radius 2 is 2.11 bits per heavy atom. The molecule has 28 heavy (non-hydrogen) atoms. The number of carbonyl (C=O) groups is 2. The van der Waals surface area contributed by atoms with E-state index in [2.05, 4.69) is 0 Å². The molecule has 0 aromatic heterocycles. The third-order valence-electron chi connectivity index (χ3n) is 4.67. The van der Waals surface area contributed by atoms with Gasteiger partial charge in [-0.2, -0.15) is 0 Å². The molecule has 0 radical (unpaired) electrons. The Kier molecular flexibility index (Phi) is 5.16. The molecule has 0 bridgehead atoms. The van der Waals surface area contributed by atoms with Gasteiger partial charge < -0.3 is 24.4 Å². The number of rotatable bonds is 3. The minimum absolute atomic E-state index is 0.153. The van der Waals surface area contributed by atoms with Crippen LogP contribution in [-0.2, 0) is 16.1 Å². The van der Waals surface area contributed by atoms with Crippen molar-refractivity contribution in [3.05, 3.63) is 33.4 Å². The number of piperazine rings is 1. The van der Waals surface area contributed by atoms with Crippen LogP contribution in [-0.4, -0.2) is 64.9 Å². The lowest BCUT2D eigenvalue weighted by Crippen LogP contribution is -2.57. The van der Waals surface area contributed by atoms with Gasteiger partial charge in [0, 0.05) is 19.6 Å². The highest BCUT2D eigenvalue weighted by Gasteiger charge is 2.38. The summed E-state index contributed by atoms with van der Waals surface area (Å²) in [6.07, 6.45) is -0.493. The molecule has 1 unspecified atom stereocenters. The van der Waals surface area contributed by atoms with Gasteiger partial charge in [-0.15, -0.1) is 0 Å². The number of hydrogen-bond acceptors (Lipinski definition) is 8. The summed E-state index contributed by atoms with van der Waals surface area (Å²) in [5.74, 6) is -0.585. The van der Waals surface area contributed by atoms with E-state index in [4.69, 9.17) is 9.47 Å². The zero-order valence-electron chi connectivity index (χ0n) is 16.0. The van der Waals surface area contributed by atoms with E-state index in [1.807, 2.05) is 0 Å². The number of nitro benzene ring substituents is 1. The van der Waals surface area contributed by atoms with Crippen LogP contribution in [0.4, 0.5) is 16.2 Å². The molecule has 2 aliphatic rings. The van der Waals surface area contributed by atoms with Crippen molar-refractivity contribution in [2.24, 2.45) is 0 Å². The predicted molar refractivity (Wildman–Crippen MR) is 98.2 cm³/mol. The lowest BCUT2D eigenvalue weighted by Gasteiger charge is -2.41. The molecule has 1 atom stereocenters. The molecule has 1 saturated heterocycles. The monoisotopic (exact) mass is 393 g/mol. The summed E-state index contributed by atoms with van der Waals surface area (Å²) in [4.78, 5) is 38.4. The van der Waals surface area contributed by atoms with Gasteiger partial charge in [0.2, 0.25) is 0 Å². The number of esters is 1. The van der Waals surface area contributed by atoms with Crippen LogP contribution >= 0.6 is 0 Å². The summed E-state index contributed by atoms with van der Waals surface area (Å²) < 4.78 is 10.3. The van der Waals surface area contributed by atoms with Crippen LogP contribution in [0, 0.1) is 10.1 Å². The molecule has 0 saturated carbocycles. The number of benzene rings is 1. The highest BCUT2D eigenvalue weighted by atomic mass is 16.6. The predicted octanol–water partition coefficient (Wildman–Crippen LogP) is 1.68. The molecule has 2 aliphatic heterocycles. The number of carbonyl (C=O) groups excluding carboxylic acids is 2. The van der Waals surface area contributed by atoms with Crippen molar-refractivity contribution in [1.29, 1.82) is 0 Å². The number of cyclic esters (lactones) is 1. The van der Waals surface area contributed by atoms with Crippen LogP contribution < -0.4 is 4.90 Å². The van der Waals surface area contributed by atoms with Crippen molar-refractivity contribution in [2.45, 2.75) is 39.0 Å². The number of anilines is 1. The zero-order valence-corrected chi connectivity index (χ0v) is 16.0. The molecule has 1 aromatic rings. The van der Waals surface area contributed by atoms with Gasteiger partial charge in [-0.05, 0) is 32.9 Å². The van der Waals surface area contributed by atoms with E-state index in [-0.39, 0.29) is 49.7 Å². The van der Waals surface area contributed by atoms with E-state index in [0.717, 1.165) is 0 Å². The molecule has 1 fully saturated rings. The highest BCUT2D eigenvalue weighted by molar-refractivity contribution is 5.96. The number of aliphatic hydroxyl groups is 1. The Hall–Kier alpha value is -2.88. The third kappa shape index (κ3) is 3.72. The SMILES string of the molecule is CC(C)(C)OC(=O)N1CCN(c2ccc3c(c2[N+](=O)[O-])COC3=O)C(CO)C1. The van der Waals surface area contributed by atoms with E-state index in [9.17, 15) is 24.8 Å². The Morgan fingerprint density at radius 1 is 1.39 bits per heavy atom. The number of amides is 1. The minimum Gasteiger partial charge on any atom is -0.457 e. The van der Waals surface area contributed by atoms with Gasteiger partial charge in [-0.25, -0.2) is 9.59 Å². The summed E-state index contributed by atoms with van der Waals surface area (Å²) in [6.45, 7) is 5.57. The molecule has 0 aliphatic carbocycles. The first-order valence-electron chi connectivity index (χ1n) is 8.95. The Labute approximate surface area is 161 Å². The molecule has 3 rings (SSSR count). The van der Waals surface area contributed by atoms with Crippen LogP contribution in [0.3, 0.4) is 0 Å². The summed E-state index contributed by atoms with van der Waals surface area (Å²) in [7, 11) is 0. The molecule has 10 nitrogen and oxygen atoms in total. The zero-order chi connectivity index (χ0) is 20.6. The lowest BCUT2D eigenvalue weighted by atomic mass is 10.0. The maximum Gasteiger partial charge on any atom is 0.410 e. The molecule has 152 valence electrons. The summed E-state index contributed by atoms with van der Waals surface area (Å²) in [6, 6.07) is 2.45. The van der Waals surface area contributed by atoms with E-state index < -0.39 is 28.6 Å². The summed E-state index contributed by atoms with van der Waals surface area (Å²) >= 11 is 0. The molecule has 1 amide bonds. The number of nitrogens with zero attached hydrogens (tertiary/aromatic N) is 3. The van der Waals surface area contributed by atoms with Crippen LogP contribution in [0.25, 0.3) is 0 Å². The maximum atomic E-state index is 12.3. The number of hydrogen-bond donors (Lipinski definition) is 1. The van der Waals surface area contributed by atoms with Crippen LogP contribution in [0.15, 0.2) is 12.1 Å². The average Bonchev–Trinajstić information content (AvgIpc) is 2.99. The van der Waals surface area contributed by atoms with Crippen molar-refractivity contribution < 1.29 is 29.1 Å². The maximum absolute atomic E-state index is 12.3. The van der Waals surface area contributed by atoms with Crippen molar-refractivity contribution in [1.82, 2.24) is 4.90 Å². The second-order valence-electron chi connectivity index (χ2n) is 7.75. The van der Waals surface area contributed by atoms with Gasteiger partial charge in [-0.3, -0.25) is 10.1 Å². The number of nitro groups is 1. The molecule has 10 heteroatoms. The third-order valence-corrected chi connectivity index (χ3v) is 4.67. The second kappa shape index (κ2) is 7.27. The van der Waals surface area contributed by atoms with E-state index >= 15 is 0 Å². The lowest BCUT2D eigenvalue weighted by molar-refractivity contribution is -0.385. The first-order chi connectivity index (χ1) is 13.1. The minimum atomic E-state index is -0.645. The van der Waals surface area contributed by atoms with Crippen molar-refractivity contribution in [3.8, 4) is 0 Å². The molecule has 0 spiro atoms. The van der Waals surface area contributed by atoms with Gasteiger partial charge >= 0.3 is 12.1 Å². The van der Waals surface area contributed by atoms with Crippen molar-refractivity contribution in [2.75, 3.05) is 31.1 Å². The van der Waals surface area contributed by atoms with Gasteiger partial charge in [0.1, 0.15) is 17.9 Å². The Balaban J connectivity index is 1.88.